The molecule has 0 amide bonds. The minimum atomic E-state index is -0.731. The first-order valence-corrected chi connectivity index (χ1v) is 6.65. The van der Waals surface area contributed by atoms with Gasteiger partial charge in [0.1, 0.15) is 5.82 Å². The van der Waals surface area contributed by atoms with Crippen molar-refractivity contribution in [1.29, 1.82) is 0 Å². The molecule has 6 heteroatoms. The van der Waals surface area contributed by atoms with Crippen molar-refractivity contribution in [3.8, 4) is 0 Å². The number of rotatable bonds is 2. The van der Waals surface area contributed by atoms with Crippen molar-refractivity contribution in [2.75, 3.05) is 11.4 Å². The molecule has 1 fully saturated rings. The molecule has 0 aromatic carbocycles. The van der Waals surface area contributed by atoms with Gasteiger partial charge in [0, 0.05) is 6.54 Å². The van der Waals surface area contributed by atoms with Crippen LogP contribution in [0.5, 0.6) is 0 Å². The van der Waals surface area contributed by atoms with Crippen LogP contribution in [0.3, 0.4) is 0 Å². The number of aromatic nitrogens is 4. The smallest absolute Gasteiger partial charge is 0.176 e. The first kappa shape index (κ1) is 12.3. The van der Waals surface area contributed by atoms with Crippen LogP contribution in [0.2, 0.25) is 0 Å². The molecule has 3 rings (SSSR count). The average Bonchev–Trinajstić information content (AvgIpc) is 2.90. The molecule has 1 aliphatic rings. The quantitative estimate of drug-likeness (QED) is 0.879. The maximum atomic E-state index is 10.3. The third kappa shape index (κ3) is 2.16. The van der Waals surface area contributed by atoms with Gasteiger partial charge in [0.25, 0.3) is 0 Å². The monoisotopic (exact) mass is 261 g/mol. The van der Waals surface area contributed by atoms with E-state index in [-0.39, 0.29) is 6.04 Å². The van der Waals surface area contributed by atoms with Crippen molar-refractivity contribution in [1.82, 2.24) is 19.8 Å². The standard InChI is InChI=1S/C13H19N5O/c1-9-14-11-6-7-12(16-18(11)15-9)17-8-4-5-10(17)13(2,3)19/h6-7,10,19H,4-5,8H2,1-3H3. The number of aliphatic hydroxyl groups is 1. The molecule has 0 bridgehead atoms. The summed E-state index contributed by atoms with van der Waals surface area (Å²) >= 11 is 0. The van der Waals surface area contributed by atoms with E-state index in [2.05, 4.69) is 20.1 Å². The van der Waals surface area contributed by atoms with Crippen LogP contribution in [0, 0.1) is 6.92 Å². The second-order valence-corrected chi connectivity index (χ2v) is 5.70. The van der Waals surface area contributed by atoms with Crippen molar-refractivity contribution in [3.05, 3.63) is 18.0 Å². The molecule has 2 aromatic heterocycles. The van der Waals surface area contributed by atoms with E-state index in [4.69, 9.17) is 0 Å². The third-order valence-electron chi connectivity index (χ3n) is 3.66. The van der Waals surface area contributed by atoms with Crippen molar-refractivity contribution in [2.45, 2.75) is 45.3 Å². The van der Waals surface area contributed by atoms with Crippen LogP contribution in [0.25, 0.3) is 5.65 Å². The minimum absolute atomic E-state index is 0.0991. The fourth-order valence-corrected chi connectivity index (χ4v) is 2.81. The van der Waals surface area contributed by atoms with Crippen LogP contribution in [0.15, 0.2) is 12.1 Å². The highest BCUT2D eigenvalue weighted by Crippen LogP contribution is 2.30. The molecule has 0 radical (unpaired) electrons. The molecule has 1 atom stereocenters. The lowest BCUT2D eigenvalue weighted by Crippen LogP contribution is -2.46. The van der Waals surface area contributed by atoms with Crippen molar-refractivity contribution >= 4 is 11.5 Å². The topological polar surface area (TPSA) is 66.5 Å². The lowest BCUT2D eigenvalue weighted by atomic mass is 9.97. The zero-order valence-corrected chi connectivity index (χ0v) is 11.5. The molecular formula is C13H19N5O. The molecule has 1 aliphatic heterocycles. The predicted molar refractivity (Wildman–Crippen MR) is 72.2 cm³/mol. The Bertz CT molecular complexity index is 601. The van der Waals surface area contributed by atoms with Gasteiger partial charge >= 0.3 is 0 Å². The molecule has 1 N–H and O–H groups in total. The van der Waals surface area contributed by atoms with E-state index in [1.165, 1.54) is 0 Å². The van der Waals surface area contributed by atoms with E-state index in [1.54, 1.807) is 4.63 Å². The van der Waals surface area contributed by atoms with Crippen LogP contribution in [-0.4, -0.2) is 43.1 Å². The van der Waals surface area contributed by atoms with Gasteiger partial charge in [-0.25, -0.2) is 4.98 Å². The van der Waals surface area contributed by atoms with E-state index in [0.29, 0.717) is 5.82 Å². The molecular weight excluding hydrogens is 242 g/mol. The summed E-state index contributed by atoms with van der Waals surface area (Å²) in [7, 11) is 0. The Morgan fingerprint density at radius 3 is 2.84 bits per heavy atom. The first-order chi connectivity index (χ1) is 8.95. The van der Waals surface area contributed by atoms with Crippen LogP contribution in [-0.2, 0) is 0 Å². The summed E-state index contributed by atoms with van der Waals surface area (Å²) in [5.74, 6) is 1.56. The van der Waals surface area contributed by atoms with Crippen molar-refractivity contribution in [3.63, 3.8) is 0 Å². The highest BCUT2D eigenvalue weighted by Gasteiger charge is 2.36. The zero-order valence-electron chi connectivity index (χ0n) is 11.5. The Morgan fingerprint density at radius 2 is 2.11 bits per heavy atom. The van der Waals surface area contributed by atoms with Crippen LogP contribution < -0.4 is 4.90 Å². The summed E-state index contributed by atoms with van der Waals surface area (Å²) in [6.45, 7) is 6.48. The maximum Gasteiger partial charge on any atom is 0.176 e. The van der Waals surface area contributed by atoms with Gasteiger partial charge in [-0.3, -0.25) is 0 Å². The van der Waals surface area contributed by atoms with E-state index in [0.717, 1.165) is 30.9 Å². The Labute approximate surface area is 112 Å². The second-order valence-electron chi connectivity index (χ2n) is 5.70. The van der Waals surface area contributed by atoms with E-state index >= 15 is 0 Å². The largest absolute Gasteiger partial charge is 0.388 e. The Hall–Kier alpha value is -1.69. The van der Waals surface area contributed by atoms with Gasteiger partial charge in [0.2, 0.25) is 0 Å². The third-order valence-corrected chi connectivity index (χ3v) is 3.66. The molecule has 0 saturated carbocycles. The van der Waals surface area contributed by atoms with Gasteiger partial charge in [-0.15, -0.1) is 14.8 Å². The Balaban J connectivity index is 1.99. The fourth-order valence-electron chi connectivity index (χ4n) is 2.81. The number of hydrogen-bond donors (Lipinski definition) is 1. The molecule has 6 nitrogen and oxygen atoms in total. The SMILES string of the molecule is Cc1nc2ccc(N3CCCC3C(C)(C)O)nn2n1. The molecule has 1 saturated heterocycles. The number of anilines is 1. The number of aryl methyl sites for hydroxylation is 1. The predicted octanol–water partition coefficient (Wildman–Crippen LogP) is 1.17. The molecule has 19 heavy (non-hydrogen) atoms. The number of hydrogen-bond acceptors (Lipinski definition) is 5. The summed E-state index contributed by atoms with van der Waals surface area (Å²) in [6, 6.07) is 3.97. The summed E-state index contributed by atoms with van der Waals surface area (Å²) in [4.78, 5) is 6.43. The average molecular weight is 261 g/mol. The summed E-state index contributed by atoms with van der Waals surface area (Å²) in [5, 5.41) is 19.0. The van der Waals surface area contributed by atoms with Crippen LogP contribution in [0.4, 0.5) is 5.82 Å². The van der Waals surface area contributed by atoms with Gasteiger partial charge in [0.15, 0.2) is 11.5 Å². The molecule has 2 aromatic rings. The summed E-state index contributed by atoms with van der Waals surface area (Å²) in [5.41, 5.74) is 0.0195. The highest BCUT2D eigenvalue weighted by atomic mass is 16.3. The maximum absolute atomic E-state index is 10.3. The Morgan fingerprint density at radius 1 is 1.32 bits per heavy atom. The first-order valence-electron chi connectivity index (χ1n) is 6.65. The van der Waals surface area contributed by atoms with Crippen molar-refractivity contribution < 1.29 is 5.11 Å². The second kappa shape index (κ2) is 4.16. The Kier molecular flexibility index (Phi) is 2.70. The fraction of sp³-hybridized carbons (Fsp3) is 0.615. The van der Waals surface area contributed by atoms with Crippen LogP contribution >= 0.6 is 0 Å². The van der Waals surface area contributed by atoms with E-state index in [1.807, 2.05) is 32.9 Å². The molecule has 0 spiro atoms. The van der Waals surface area contributed by atoms with E-state index < -0.39 is 5.60 Å². The summed E-state index contributed by atoms with van der Waals surface area (Å²) in [6.07, 6.45) is 2.06. The normalized spacial score (nSPS) is 20.4. The minimum Gasteiger partial charge on any atom is -0.388 e. The zero-order chi connectivity index (χ0) is 13.6. The molecule has 0 aliphatic carbocycles. The lowest BCUT2D eigenvalue weighted by molar-refractivity contribution is 0.0532. The van der Waals surface area contributed by atoms with Gasteiger partial charge in [-0.05, 0) is 45.7 Å². The van der Waals surface area contributed by atoms with Gasteiger partial charge in [-0.2, -0.15) is 0 Å². The van der Waals surface area contributed by atoms with Crippen LogP contribution in [0.1, 0.15) is 32.5 Å². The number of fused-ring (bicyclic) bond motifs is 1. The molecule has 1 unspecified atom stereocenters. The molecule has 102 valence electrons. The molecule has 3 heterocycles. The van der Waals surface area contributed by atoms with Crippen molar-refractivity contribution in [2.24, 2.45) is 0 Å². The number of nitrogens with zero attached hydrogens (tertiary/aromatic N) is 5. The lowest BCUT2D eigenvalue weighted by Gasteiger charge is -2.34. The highest BCUT2D eigenvalue weighted by molar-refractivity contribution is 5.47. The van der Waals surface area contributed by atoms with Gasteiger partial charge in [0.05, 0.1) is 11.6 Å². The van der Waals surface area contributed by atoms with E-state index in [9.17, 15) is 5.11 Å². The van der Waals surface area contributed by atoms with Gasteiger partial charge < -0.3 is 10.0 Å². The summed E-state index contributed by atoms with van der Waals surface area (Å²) < 4.78 is 1.56. The van der Waals surface area contributed by atoms with Gasteiger partial charge in [-0.1, -0.05) is 0 Å².